The smallest absolute Gasteiger partial charge is 0.240 e. The minimum absolute atomic E-state index is 0.0619. The van der Waals surface area contributed by atoms with Crippen LogP contribution in [0.25, 0.3) is 0 Å². The topological polar surface area (TPSA) is 84.9 Å². The molecule has 3 rings (SSSR count). The van der Waals surface area contributed by atoms with Gasteiger partial charge in [0, 0.05) is 37.6 Å². The minimum atomic E-state index is -3.62. The predicted octanol–water partition coefficient (Wildman–Crippen LogP) is 3.61. The zero-order chi connectivity index (χ0) is 22.3. The minimum Gasteiger partial charge on any atom is -0.486 e. The van der Waals surface area contributed by atoms with Crippen LogP contribution in [0.1, 0.15) is 31.2 Å². The Morgan fingerprint density at radius 3 is 2.48 bits per heavy atom. The molecule has 1 heterocycles. The first-order valence-corrected chi connectivity index (χ1v) is 12.1. The number of amides is 1. The van der Waals surface area contributed by atoms with Crippen molar-refractivity contribution in [3.05, 3.63) is 53.1 Å². The Balaban J connectivity index is 1.36. The molecule has 0 aliphatic carbocycles. The standard InChI is InChI=1S/C22H27ClN2O5S/c1-25(16-17-6-8-18(23)9-7-17)22(26)5-3-2-4-12-24-31(27,28)19-10-11-20-21(15-19)30-14-13-29-20/h6-11,15,24H,2-5,12-14,16H2,1H3. The molecule has 0 spiro atoms. The van der Waals surface area contributed by atoms with E-state index in [0.717, 1.165) is 12.0 Å². The van der Waals surface area contributed by atoms with Crippen molar-refractivity contribution in [3.8, 4) is 11.5 Å². The third-order valence-electron chi connectivity index (χ3n) is 4.94. The molecular weight excluding hydrogens is 440 g/mol. The highest BCUT2D eigenvalue weighted by molar-refractivity contribution is 7.89. The summed E-state index contributed by atoms with van der Waals surface area (Å²) in [6.45, 7) is 1.70. The Morgan fingerprint density at radius 1 is 1.03 bits per heavy atom. The molecule has 1 aliphatic rings. The number of nitrogens with one attached hydrogen (secondary N) is 1. The van der Waals surface area contributed by atoms with E-state index in [2.05, 4.69) is 4.72 Å². The molecule has 1 aliphatic heterocycles. The summed E-state index contributed by atoms with van der Waals surface area (Å²) in [7, 11) is -1.84. The zero-order valence-corrected chi connectivity index (χ0v) is 19.0. The quantitative estimate of drug-likeness (QED) is 0.541. The van der Waals surface area contributed by atoms with Gasteiger partial charge in [-0.25, -0.2) is 13.1 Å². The highest BCUT2D eigenvalue weighted by Crippen LogP contribution is 2.32. The van der Waals surface area contributed by atoms with Gasteiger partial charge in [-0.05, 0) is 42.7 Å². The first-order chi connectivity index (χ1) is 14.8. The van der Waals surface area contributed by atoms with E-state index in [1.54, 1.807) is 30.1 Å². The van der Waals surface area contributed by atoms with Crippen LogP contribution in [-0.4, -0.2) is 46.0 Å². The Bertz CT molecular complexity index is 995. The maximum absolute atomic E-state index is 12.5. The molecule has 7 nitrogen and oxygen atoms in total. The van der Waals surface area contributed by atoms with Gasteiger partial charge in [-0.2, -0.15) is 0 Å². The molecule has 0 radical (unpaired) electrons. The van der Waals surface area contributed by atoms with Gasteiger partial charge in [0.05, 0.1) is 4.90 Å². The van der Waals surface area contributed by atoms with Gasteiger partial charge in [0.2, 0.25) is 15.9 Å². The van der Waals surface area contributed by atoms with Crippen LogP contribution in [0.3, 0.4) is 0 Å². The van der Waals surface area contributed by atoms with Crippen molar-refractivity contribution >= 4 is 27.5 Å². The van der Waals surface area contributed by atoms with Crippen LogP contribution in [-0.2, 0) is 21.4 Å². The van der Waals surface area contributed by atoms with Crippen molar-refractivity contribution in [2.75, 3.05) is 26.8 Å². The largest absolute Gasteiger partial charge is 0.486 e. The molecule has 1 N–H and O–H groups in total. The van der Waals surface area contributed by atoms with Crippen molar-refractivity contribution in [3.63, 3.8) is 0 Å². The van der Waals surface area contributed by atoms with Gasteiger partial charge in [0.25, 0.3) is 0 Å². The van der Waals surface area contributed by atoms with Crippen LogP contribution in [0, 0.1) is 0 Å². The molecule has 168 valence electrons. The Morgan fingerprint density at radius 2 is 1.74 bits per heavy atom. The Labute approximate surface area is 188 Å². The molecule has 2 aromatic carbocycles. The van der Waals surface area contributed by atoms with Crippen LogP contribution >= 0.6 is 11.6 Å². The number of sulfonamides is 1. The summed E-state index contributed by atoms with van der Waals surface area (Å²) >= 11 is 5.88. The summed E-state index contributed by atoms with van der Waals surface area (Å²) < 4.78 is 38.4. The maximum atomic E-state index is 12.5. The number of carbonyl (C=O) groups is 1. The van der Waals surface area contributed by atoms with E-state index in [-0.39, 0.29) is 10.8 Å². The van der Waals surface area contributed by atoms with Crippen LogP contribution in [0.15, 0.2) is 47.4 Å². The first-order valence-electron chi connectivity index (χ1n) is 10.2. The monoisotopic (exact) mass is 466 g/mol. The molecule has 0 aromatic heterocycles. The van der Waals surface area contributed by atoms with Gasteiger partial charge in [0.15, 0.2) is 11.5 Å². The fraction of sp³-hybridized carbons (Fsp3) is 0.409. The molecular formula is C22H27ClN2O5S. The van der Waals surface area contributed by atoms with Gasteiger partial charge < -0.3 is 14.4 Å². The van der Waals surface area contributed by atoms with Crippen molar-refractivity contribution in [2.24, 2.45) is 0 Å². The van der Waals surface area contributed by atoms with Crippen molar-refractivity contribution in [1.29, 1.82) is 0 Å². The van der Waals surface area contributed by atoms with E-state index in [9.17, 15) is 13.2 Å². The predicted molar refractivity (Wildman–Crippen MR) is 119 cm³/mol. The number of unbranched alkanes of at least 4 members (excludes halogenated alkanes) is 2. The average molecular weight is 467 g/mol. The lowest BCUT2D eigenvalue weighted by atomic mass is 10.1. The molecule has 0 saturated heterocycles. The molecule has 1 amide bonds. The number of hydrogen-bond donors (Lipinski definition) is 1. The number of ether oxygens (including phenoxy) is 2. The van der Waals surface area contributed by atoms with E-state index in [1.807, 2.05) is 12.1 Å². The van der Waals surface area contributed by atoms with E-state index in [0.29, 0.717) is 62.1 Å². The van der Waals surface area contributed by atoms with Crippen molar-refractivity contribution in [2.45, 2.75) is 37.1 Å². The Kier molecular flexibility index (Phi) is 8.17. The summed E-state index contributed by atoms with van der Waals surface area (Å²) in [6, 6.07) is 12.0. The van der Waals surface area contributed by atoms with Crippen LogP contribution in [0.2, 0.25) is 5.02 Å². The summed E-state index contributed by atoms with van der Waals surface area (Å²) in [5.74, 6) is 1.05. The number of hydrogen-bond acceptors (Lipinski definition) is 5. The second-order valence-electron chi connectivity index (χ2n) is 7.39. The SMILES string of the molecule is CN(Cc1ccc(Cl)cc1)C(=O)CCCCCNS(=O)(=O)c1ccc2c(c1)OCCO2. The van der Waals surface area contributed by atoms with E-state index in [1.165, 1.54) is 12.1 Å². The lowest BCUT2D eigenvalue weighted by Crippen LogP contribution is -2.26. The van der Waals surface area contributed by atoms with Gasteiger partial charge in [0.1, 0.15) is 13.2 Å². The molecule has 0 fully saturated rings. The Hall–Kier alpha value is -2.29. The van der Waals surface area contributed by atoms with Crippen molar-refractivity contribution in [1.82, 2.24) is 9.62 Å². The summed E-state index contributed by atoms with van der Waals surface area (Å²) in [4.78, 5) is 14.1. The lowest BCUT2D eigenvalue weighted by Gasteiger charge is -2.19. The normalized spacial score (nSPS) is 13.1. The molecule has 0 bridgehead atoms. The van der Waals surface area contributed by atoms with E-state index >= 15 is 0 Å². The molecule has 31 heavy (non-hydrogen) atoms. The van der Waals surface area contributed by atoms with E-state index < -0.39 is 10.0 Å². The summed E-state index contributed by atoms with van der Waals surface area (Å²) in [5, 5.41) is 0.669. The molecule has 9 heteroatoms. The lowest BCUT2D eigenvalue weighted by molar-refractivity contribution is -0.130. The third-order valence-corrected chi connectivity index (χ3v) is 6.65. The fourth-order valence-electron chi connectivity index (χ4n) is 3.20. The molecule has 0 saturated carbocycles. The van der Waals surface area contributed by atoms with Crippen LogP contribution in [0.5, 0.6) is 11.5 Å². The number of carbonyl (C=O) groups excluding carboxylic acids is 1. The highest BCUT2D eigenvalue weighted by atomic mass is 35.5. The number of rotatable bonds is 10. The van der Waals surface area contributed by atoms with Gasteiger partial charge >= 0.3 is 0 Å². The average Bonchev–Trinajstić information content (AvgIpc) is 2.77. The second kappa shape index (κ2) is 10.8. The summed E-state index contributed by atoms with van der Waals surface area (Å²) in [6.07, 6.45) is 2.54. The highest BCUT2D eigenvalue weighted by Gasteiger charge is 2.19. The van der Waals surface area contributed by atoms with Crippen LogP contribution < -0.4 is 14.2 Å². The van der Waals surface area contributed by atoms with Gasteiger partial charge in [-0.3, -0.25) is 4.79 Å². The number of halogens is 1. The second-order valence-corrected chi connectivity index (χ2v) is 9.59. The van der Waals surface area contributed by atoms with Crippen LogP contribution in [0.4, 0.5) is 0 Å². The van der Waals surface area contributed by atoms with Crippen molar-refractivity contribution < 1.29 is 22.7 Å². The fourth-order valence-corrected chi connectivity index (χ4v) is 4.42. The molecule has 0 unspecified atom stereocenters. The number of benzene rings is 2. The first kappa shape index (κ1) is 23.4. The van der Waals surface area contributed by atoms with Gasteiger partial charge in [-0.15, -0.1) is 0 Å². The molecule has 2 aromatic rings. The number of nitrogens with zero attached hydrogens (tertiary/aromatic N) is 1. The number of fused-ring (bicyclic) bond motifs is 1. The van der Waals surface area contributed by atoms with E-state index in [4.69, 9.17) is 21.1 Å². The zero-order valence-electron chi connectivity index (χ0n) is 17.5. The van der Waals surface area contributed by atoms with Gasteiger partial charge in [-0.1, -0.05) is 30.2 Å². The summed E-state index contributed by atoms with van der Waals surface area (Å²) in [5.41, 5.74) is 1.02. The maximum Gasteiger partial charge on any atom is 0.240 e. The third kappa shape index (κ3) is 6.85. The molecule has 0 atom stereocenters.